The van der Waals surface area contributed by atoms with E-state index in [1.165, 1.54) is 6.33 Å². The van der Waals surface area contributed by atoms with Crippen molar-refractivity contribution in [1.82, 2.24) is 15.2 Å². The predicted octanol–water partition coefficient (Wildman–Crippen LogP) is 3.42. The molecule has 0 aliphatic rings. The molecule has 0 spiro atoms. The van der Waals surface area contributed by atoms with E-state index in [4.69, 9.17) is 0 Å². The number of H-pyrrole nitrogens is 1. The summed E-state index contributed by atoms with van der Waals surface area (Å²) in [5, 5.41) is 10.3. The van der Waals surface area contributed by atoms with Crippen LogP contribution in [0.1, 0.15) is 15.9 Å². The molecule has 3 aromatic rings. The summed E-state index contributed by atoms with van der Waals surface area (Å²) in [6.45, 7) is 0. The Labute approximate surface area is 150 Å². The fourth-order valence-corrected chi connectivity index (χ4v) is 2.95. The lowest BCUT2D eigenvalue weighted by molar-refractivity contribution is 0.102. The zero-order valence-corrected chi connectivity index (χ0v) is 14.9. The molecule has 0 aliphatic carbocycles. The van der Waals surface area contributed by atoms with Crippen LogP contribution in [0.15, 0.2) is 60.0 Å². The first-order valence-electron chi connectivity index (χ1n) is 7.77. The van der Waals surface area contributed by atoms with Crippen molar-refractivity contribution >= 4 is 29.0 Å². The summed E-state index contributed by atoms with van der Waals surface area (Å²) >= 11 is 1.57. The monoisotopic (exact) mass is 353 g/mol. The van der Waals surface area contributed by atoms with Crippen LogP contribution >= 0.6 is 11.8 Å². The van der Waals surface area contributed by atoms with Crippen LogP contribution in [-0.4, -0.2) is 35.2 Å². The van der Waals surface area contributed by atoms with Crippen molar-refractivity contribution in [2.24, 2.45) is 0 Å². The van der Waals surface area contributed by atoms with E-state index in [1.807, 2.05) is 67.5 Å². The van der Waals surface area contributed by atoms with Crippen LogP contribution in [0.25, 0.3) is 0 Å². The van der Waals surface area contributed by atoms with E-state index >= 15 is 0 Å². The molecule has 25 heavy (non-hydrogen) atoms. The van der Waals surface area contributed by atoms with Gasteiger partial charge in [-0.25, -0.2) is 4.98 Å². The van der Waals surface area contributed by atoms with Crippen molar-refractivity contribution in [3.63, 3.8) is 0 Å². The molecule has 2 aromatic carbocycles. The van der Waals surface area contributed by atoms with Gasteiger partial charge in [0, 0.05) is 36.8 Å². The lowest BCUT2D eigenvalue weighted by atomic mass is 10.1. The predicted molar refractivity (Wildman–Crippen MR) is 101 cm³/mol. The standard InChI is InChI=1S/C18H19N5OS/c1-23(2)16-9-7-15(8-10-16)21-17(24)14-5-3-13(4-6-14)11-25-18-19-12-20-22-18/h3-10,12H,11H2,1-2H3,(H,21,24)(H,19,20,22). The van der Waals surface area contributed by atoms with Crippen LogP contribution < -0.4 is 10.2 Å². The van der Waals surface area contributed by atoms with Crippen LogP contribution in [0.3, 0.4) is 0 Å². The summed E-state index contributed by atoms with van der Waals surface area (Å²) in [6.07, 6.45) is 1.49. The third kappa shape index (κ3) is 4.60. The van der Waals surface area contributed by atoms with Gasteiger partial charge in [0.15, 0.2) is 5.16 Å². The van der Waals surface area contributed by atoms with E-state index in [0.29, 0.717) is 5.56 Å². The van der Waals surface area contributed by atoms with Crippen molar-refractivity contribution in [1.29, 1.82) is 0 Å². The van der Waals surface area contributed by atoms with Crippen LogP contribution in [0.4, 0.5) is 11.4 Å². The molecule has 0 bridgehead atoms. The molecule has 0 aliphatic heterocycles. The van der Waals surface area contributed by atoms with Crippen molar-refractivity contribution in [3.8, 4) is 0 Å². The van der Waals surface area contributed by atoms with Crippen LogP contribution in [0.2, 0.25) is 0 Å². The molecule has 1 heterocycles. The molecule has 0 radical (unpaired) electrons. The Morgan fingerprint density at radius 1 is 1.12 bits per heavy atom. The van der Waals surface area contributed by atoms with Gasteiger partial charge >= 0.3 is 0 Å². The molecule has 0 saturated heterocycles. The maximum atomic E-state index is 12.3. The molecule has 0 atom stereocenters. The molecule has 2 N–H and O–H groups in total. The minimum absolute atomic E-state index is 0.118. The highest BCUT2D eigenvalue weighted by molar-refractivity contribution is 7.98. The number of anilines is 2. The summed E-state index contributed by atoms with van der Waals surface area (Å²) in [5.74, 6) is 0.648. The first kappa shape index (κ1) is 17.0. The average molecular weight is 353 g/mol. The van der Waals surface area contributed by atoms with Crippen LogP contribution in [-0.2, 0) is 5.75 Å². The van der Waals surface area contributed by atoms with E-state index in [-0.39, 0.29) is 5.91 Å². The molecule has 128 valence electrons. The number of hydrogen-bond donors (Lipinski definition) is 2. The number of rotatable bonds is 6. The Kier molecular flexibility index (Phi) is 5.35. The Morgan fingerprint density at radius 2 is 1.84 bits per heavy atom. The van der Waals surface area contributed by atoms with Gasteiger partial charge in [-0.05, 0) is 42.0 Å². The molecule has 0 fully saturated rings. The van der Waals surface area contributed by atoms with Gasteiger partial charge in [-0.1, -0.05) is 23.9 Å². The maximum Gasteiger partial charge on any atom is 0.255 e. The lowest BCUT2D eigenvalue weighted by Crippen LogP contribution is -2.12. The highest BCUT2D eigenvalue weighted by atomic mass is 32.2. The number of benzene rings is 2. The van der Waals surface area contributed by atoms with Gasteiger partial charge in [0.2, 0.25) is 0 Å². The van der Waals surface area contributed by atoms with Crippen molar-refractivity contribution in [2.75, 3.05) is 24.3 Å². The van der Waals surface area contributed by atoms with E-state index < -0.39 is 0 Å². The first-order valence-corrected chi connectivity index (χ1v) is 8.76. The highest BCUT2D eigenvalue weighted by Gasteiger charge is 2.07. The number of aromatic nitrogens is 3. The second-order valence-corrected chi connectivity index (χ2v) is 6.64. The van der Waals surface area contributed by atoms with Gasteiger partial charge in [0.05, 0.1) is 0 Å². The Bertz CT molecular complexity index is 814. The van der Waals surface area contributed by atoms with Gasteiger partial charge in [-0.2, -0.15) is 5.10 Å². The van der Waals surface area contributed by atoms with E-state index in [9.17, 15) is 4.79 Å². The second kappa shape index (κ2) is 7.85. The minimum atomic E-state index is -0.118. The number of carbonyl (C=O) groups excluding carboxylic acids is 1. The molecule has 7 heteroatoms. The van der Waals surface area contributed by atoms with Crippen molar-refractivity contribution < 1.29 is 4.79 Å². The fourth-order valence-electron chi connectivity index (χ4n) is 2.21. The number of hydrogen-bond acceptors (Lipinski definition) is 5. The zero-order chi connectivity index (χ0) is 17.6. The highest BCUT2D eigenvalue weighted by Crippen LogP contribution is 2.19. The molecular weight excluding hydrogens is 334 g/mol. The van der Waals surface area contributed by atoms with Gasteiger partial charge in [0.1, 0.15) is 6.33 Å². The Morgan fingerprint density at radius 3 is 2.44 bits per heavy atom. The Balaban J connectivity index is 1.58. The molecule has 0 unspecified atom stereocenters. The van der Waals surface area contributed by atoms with E-state index in [0.717, 1.165) is 27.8 Å². The van der Waals surface area contributed by atoms with Crippen LogP contribution in [0.5, 0.6) is 0 Å². The molecule has 3 rings (SSSR count). The molecule has 1 aromatic heterocycles. The number of carbonyl (C=O) groups is 1. The fraction of sp³-hybridized carbons (Fsp3) is 0.167. The topological polar surface area (TPSA) is 73.9 Å². The lowest BCUT2D eigenvalue weighted by Gasteiger charge is -2.13. The first-order chi connectivity index (χ1) is 12.1. The number of aromatic amines is 1. The summed E-state index contributed by atoms with van der Waals surface area (Å²) in [5.41, 5.74) is 3.62. The minimum Gasteiger partial charge on any atom is -0.378 e. The zero-order valence-electron chi connectivity index (χ0n) is 14.1. The summed E-state index contributed by atoms with van der Waals surface area (Å²) in [7, 11) is 3.96. The molecule has 6 nitrogen and oxygen atoms in total. The number of nitrogens with zero attached hydrogens (tertiary/aromatic N) is 3. The third-order valence-corrected chi connectivity index (χ3v) is 4.57. The van der Waals surface area contributed by atoms with Crippen LogP contribution in [0, 0.1) is 0 Å². The molecular formula is C18H19N5OS. The largest absolute Gasteiger partial charge is 0.378 e. The quantitative estimate of drug-likeness (QED) is 0.664. The SMILES string of the molecule is CN(C)c1ccc(NC(=O)c2ccc(CSc3ncn[nH]3)cc2)cc1. The maximum absolute atomic E-state index is 12.3. The van der Waals surface area contributed by atoms with Gasteiger partial charge in [0.25, 0.3) is 5.91 Å². The van der Waals surface area contributed by atoms with E-state index in [2.05, 4.69) is 20.5 Å². The van der Waals surface area contributed by atoms with Gasteiger partial charge in [-0.15, -0.1) is 0 Å². The molecule has 0 saturated carbocycles. The normalized spacial score (nSPS) is 10.5. The van der Waals surface area contributed by atoms with Gasteiger partial charge in [-0.3, -0.25) is 9.89 Å². The number of amides is 1. The van der Waals surface area contributed by atoms with Crippen molar-refractivity contribution in [2.45, 2.75) is 10.9 Å². The number of thioether (sulfide) groups is 1. The smallest absolute Gasteiger partial charge is 0.255 e. The van der Waals surface area contributed by atoms with E-state index in [1.54, 1.807) is 11.8 Å². The molecule has 1 amide bonds. The van der Waals surface area contributed by atoms with Gasteiger partial charge < -0.3 is 10.2 Å². The summed E-state index contributed by atoms with van der Waals surface area (Å²) in [6, 6.07) is 15.3. The Hall–Kier alpha value is -2.80. The summed E-state index contributed by atoms with van der Waals surface area (Å²) in [4.78, 5) is 18.4. The second-order valence-electron chi connectivity index (χ2n) is 5.67. The van der Waals surface area contributed by atoms with Crippen molar-refractivity contribution in [3.05, 3.63) is 66.0 Å². The third-order valence-electron chi connectivity index (χ3n) is 3.63. The average Bonchev–Trinajstić information content (AvgIpc) is 3.14. The number of nitrogens with one attached hydrogen (secondary N) is 2. The summed E-state index contributed by atoms with van der Waals surface area (Å²) < 4.78 is 0.